The van der Waals surface area contributed by atoms with Gasteiger partial charge in [-0.15, -0.1) is 0 Å². The molecule has 5 heteroatoms. The highest BCUT2D eigenvalue weighted by Gasteiger charge is 2.27. The minimum atomic E-state index is -2.46. The van der Waals surface area contributed by atoms with E-state index in [0.29, 0.717) is 24.5 Å². The number of nitrogens with zero attached hydrogens (tertiary/aromatic N) is 1. The fourth-order valence-corrected chi connectivity index (χ4v) is 3.09. The van der Waals surface area contributed by atoms with Crippen LogP contribution in [-0.2, 0) is 9.53 Å². The quantitative estimate of drug-likeness (QED) is 0.763. The molecule has 0 aromatic carbocycles. The molecular weight excluding hydrogens is 276 g/mol. The second-order valence-corrected chi connectivity index (χ2v) is 5.53. The van der Waals surface area contributed by atoms with Gasteiger partial charge in [-0.3, -0.25) is 9.78 Å². The molecular formula is C16H21F2NO2. The molecule has 1 fully saturated rings. The molecule has 116 valence electrons. The normalized spacial score (nSPS) is 22.3. The molecule has 0 amide bonds. The highest BCUT2D eigenvalue weighted by atomic mass is 19.3. The Morgan fingerprint density at radius 1 is 1.38 bits per heavy atom. The summed E-state index contributed by atoms with van der Waals surface area (Å²) >= 11 is 0. The number of carbonyl (C=O) groups is 1. The van der Waals surface area contributed by atoms with Gasteiger partial charge in [-0.25, -0.2) is 8.78 Å². The lowest BCUT2D eigenvalue weighted by Crippen LogP contribution is -2.18. The van der Waals surface area contributed by atoms with Gasteiger partial charge >= 0.3 is 5.97 Å². The zero-order chi connectivity index (χ0) is 15.2. The van der Waals surface area contributed by atoms with Crippen LogP contribution in [0.4, 0.5) is 8.78 Å². The number of carbonyl (C=O) groups excluding carboxylic acids is 1. The Hall–Kier alpha value is -1.52. The van der Waals surface area contributed by atoms with Gasteiger partial charge in [0.1, 0.15) is 0 Å². The van der Waals surface area contributed by atoms with Crippen LogP contribution in [0.1, 0.15) is 62.5 Å². The number of hydrogen-bond acceptors (Lipinski definition) is 3. The monoisotopic (exact) mass is 297 g/mol. The van der Waals surface area contributed by atoms with E-state index in [4.69, 9.17) is 4.74 Å². The number of pyridine rings is 1. The lowest BCUT2D eigenvalue weighted by atomic mass is 9.77. The predicted octanol–water partition coefficient (Wildman–Crippen LogP) is 4.25. The number of rotatable bonds is 5. The maximum Gasteiger partial charge on any atom is 0.306 e. The third kappa shape index (κ3) is 4.22. The molecule has 1 aliphatic carbocycles. The first-order chi connectivity index (χ1) is 10.1. The zero-order valence-electron chi connectivity index (χ0n) is 12.2. The lowest BCUT2D eigenvalue weighted by molar-refractivity contribution is -0.144. The molecule has 0 atom stereocenters. The third-order valence-corrected chi connectivity index (χ3v) is 4.17. The SMILES string of the molecule is CCOC(=O)CC1CCC(c2cnccc2C(F)F)CC1. The summed E-state index contributed by atoms with van der Waals surface area (Å²) in [5.74, 6) is 0.281. The van der Waals surface area contributed by atoms with Gasteiger partial charge in [-0.2, -0.15) is 0 Å². The van der Waals surface area contributed by atoms with Gasteiger partial charge in [0, 0.05) is 24.4 Å². The topological polar surface area (TPSA) is 39.2 Å². The number of ether oxygens (including phenoxy) is 1. The Kier molecular flexibility index (Phi) is 5.65. The predicted molar refractivity (Wildman–Crippen MR) is 75.1 cm³/mol. The summed E-state index contributed by atoms with van der Waals surface area (Å²) in [6.07, 6.45) is 4.37. The molecule has 0 bridgehead atoms. The van der Waals surface area contributed by atoms with E-state index in [9.17, 15) is 13.6 Å². The summed E-state index contributed by atoms with van der Waals surface area (Å²) < 4.78 is 31.0. The van der Waals surface area contributed by atoms with Crippen molar-refractivity contribution in [2.24, 2.45) is 5.92 Å². The lowest BCUT2D eigenvalue weighted by Gasteiger charge is -2.29. The molecule has 3 nitrogen and oxygen atoms in total. The molecule has 1 saturated carbocycles. The fourth-order valence-electron chi connectivity index (χ4n) is 3.09. The Morgan fingerprint density at radius 3 is 2.71 bits per heavy atom. The van der Waals surface area contributed by atoms with Crippen LogP contribution < -0.4 is 0 Å². The summed E-state index contributed by atoms with van der Waals surface area (Å²) in [6, 6.07) is 1.41. The van der Waals surface area contributed by atoms with E-state index >= 15 is 0 Å². The molecule has 0 aliphatic heterocycles. The smallest absolute Gasteiger partial charge is 0.306 e. The molecule has 0 radical (unpaired) electrons. The van der Waals surface area contributed by atoms with Crippen molar-refractivity contribution >= 4 is 5.97 Å². The second kappa shape index (κ2) is 7.48. The van der Waals surface area contributed by atoms with E-state index < -0.39 is 6.43 Å². The van der Waals surface area contributed by atoms with Gasteiger partial charge in [0.15, 0.2) is 0 Å². The number of halogens is 2. The highest BCUT2D eigenvalue weighted by Crippen LogP contribution is 2.39. The molecule has 0 unspecified atom stereocenters. The summed E-state index contributed by atoms with van der Waals surface area (Å²) in [5.41, 5.74) is 0.765. The molecule has 0 N–H and O–H groups in total. The van der Waals surface area contributed by atoms with Crippen LogP contribution in [0.5, 0.6) is 0 Å². The van der Waals surface area contributed by atoms with E-state index in [1.54, 1.807) is 13.1 Å². The van der Waals surface area contributed by atoms with Crippen LogP contribution in [-0.4, -0.2) is 17.6 Å². The van der Waals surface area contributed by atoms with Gasteiger partial charge in [-0.05, 0) is 56.1 Å². The minimum absolute atomic E-state index is 0.0962. The molecule has 0 saturated heterocycles. The first-order valence-electron chi connectivity index (χ1n) is 7.49. The highest BCUT2D eigenvalue weighted by molar-refractivity contribution is 5.69. The summed E-state index contributed by atoms with van der Waals surface area (Å²) in [6.45, 7) is 2.20. The van der Waals surface area contributed by atoms with Crippen molar-refractivity contribution in [3.63, 3.8) is 0 Å². The fraction of sp³-hybridized carbons (Fsp3) is 0.625. The largest absolute Gasteiger partial charge is 0.466 e. The minimum Gasteiger partial charge on any atom is -0.466 e. The Balaban J connectivity index is 1.94. The van der Waals surface area contributed by atoms with Crippen molar-refractivity contribution in [3.8, 4) is 0 Å². The van der Waals surface area contributed by atoms with Gasteiger partial charge in [-0.1, -0.05) is 0 Å². The Bertz CT molecular complexity index is 471. The van der Waals surface area contributed by atoms with E-state index in [0.717, 1.165) is 25.7 Å². The van der Waals surface area contributed by atoms with Crippen molar-refractivity contribution < 1.29 is 18.3 Å². The van der Waals surface area contributed by atoms with Gasteiger partial charge in [0.25, 0.3) is 6.43 Å². The van der Waals surface area contributed by atoms with Crippen LogP contribution in [0.15, 0.2) is 18.5 Å². The van der Waals surface area contributed by atoms with Crippen LogP contribution in [0.3, 0.4) is 0 Å². The van der Waals surface area contributed by atoms with Crippen LogP contribution in [0.2, 0.25) is 0 Å². The molecule has 1 aromatic heterocycles. The number of esters is 1. The van der Waals surface area contributed by atoms with Crippen molar-refractivity contribution in [1.29, 1.82) is 0 Å². The van der Waals surface area contributed by atoms with Gasteiger partial charge < -0.3 is 4.74 Å². The maximum atomic E-state index is 13.0. The molecule has 1 heterocycles. The Morgan fingerprint density at radius 2 is 2.10 bits per heavy atom. The van der Waals surface area contributed by atoms with Crippen LogP contribution >= 0.6 is 0 Å². The summed E-state index contributed by atoms with van der Waals surface area (Å²) in [5, 5.41) is 0. The van der Waals surface area contributed by atoms with Crippen molar-refractivity contribution in [2.75, 3.05) is 6.61 Å². The third-order valence-electron chi connectivity index (χ3n) is 4.17. The van der Waals surface area contributed by atoms with E-state index in [1.165, 1.54) is 12.3 Å². The number of alkyl halides is 2. The molecule has 21 heavy (non-hydrogen) atoms. The average Bonchev–Trinajstić information content (AvgIpc) is 2.48. The number of hydrogen-bond donors (Lipinski definition) is 0. The van der Waals surface area contributed by atoms with E-state index in [2.05, 4.69) is 4.98 Å². The molecule has 1 aliphatic rings. The molecule has 1 aromatic rings. The first kappa shape index (κ1) is 15.9. The molecule has 0 spiro atoms. The Labute approximate surface area is 123 Å². The summed E-state index contributed by atoms with van der Waals surface area (Å²) in [4.78, 5) is 15.5. The van der Waals surface area contributed by atoms with Gasteiger partial charge in [0.05, 0.1) is 6.61 Å². The van der Waals surface area contributed by atoms with Crippen LogP contribution in [0, 0.1) is 5.92 Å². The van der Waals surface area contributed by atoms with Crippen molar-refractivity contribution in [2.45, 2.75) is 51.4 Å². The zero-order valence-corrected chi connectivity index (χ0v) is 12.2. The van der Waals surface area contributed by atoms with E-state index in [-0.39, 0.29) is 17.5 Å². The van der Waals surface area contributed by atoms with Crippen molar-refractivity contribution in [1.82, 2.24) is 4.98 Å². The molecule has 2 rings (SSSR count). The number of aromatic nitrogens is 1. The standard InChI is InChI=1S/C16H21F2NO2/c1-2-21-15(20)9-11-3-5-12(6-4-11)14-10-19-8-7-13(14)16(17)18/h7-8,10-12,16H,2-6,9H2,1H3. The second-order valence-electron chi connectivity index (χ2n) is 5.53. The van der Waals surface area contributed by atoms with E-state index in [1.807, 2.05) is 0 Å². The average molecular weight is 297 g/mol. The maximum absolute atomic E-state index is 13.0. The summed E-state index contributed by atoms with van der Waals surface area (Å²) in [7, 11) is 0. The van der Waals surface area contributed by atoms with Gasteiger partial charge in [0.2, 0.25) is 0 Å². The van der Waals surface area contributed by atoms with Crippen LogP contribution in [0.25, 0.3) is 0 Å². The van der Waals surface area contributed by atoms with Crippen molar-refractivity contribution in [3.05, 3.63) is 29.6 Å². The first-order valence-corrected chi connectivity index (χ1v) is 7.49.